The van der Waals surface area contributed by atoms with Crippen molar-refractivity contribution in [2.45, 2.75) is 40.2 Å². The van der Waals surface area contributed by atoms with Crippen molar-refractivity contribution in [3.05, 3.63) is 17.0 Å². The van der Waals surface area contributed by atoms with Gasteiger partial charge in [-0.3, -0.25) is 0 Å². The molecule has 3 unspecified atom stereocenters. The molecular formula is C13H20ClN3. The quantitative estimate of drug-likeness (QED) is 0.719. The molecule has 1 fully saturated rings. The molecule has 0 N–H and O–H groups in total. The van der Waals surface area contributed by atoms with Crippen molar-refractivity contribution >= 4 is 17.4 Å². The molecule has 0 bridgehead atoms. The van der Waals surface area contributed by atoms with Gasteiger partial charge in [-0.25, -0.2) is 9.97 Å². The van der Waals surface area contributed by atoms with E-state index in [4.69, 9.17) is 11.6 Å². The number of hydrogen-bond donors (Lipinski definition) is 0. The fourth-order valence-corrected chi connectivity index (χ4v) is 2.90. The van der Waals surface area contributed by atoms with E-state index in [0.717, 1.165) is 18.1 Å². The fraction of sp³-hybridized carbons (Fsp3) is 0.692. The molecule has 1 aliphatic rings. The standard InChI is InChI=1S/C13H20ClN3/c1-8-5-9(2)11(4)17(7-8)12-6-10(3)15-13(14)16-12/h6,8-9,11H,5,7H2,1-4H3. The summed E-state index contributed by atoms with van der Waals surface area (Å²) in [5.41, 5.74) is 0.929. The molecule has 0 saturated carbocycles. The first-order valence-electron chi connectivity index (χ1n) is 6.25. The minimum absolute atomic E-state index is 0.345. The third-order valence-corrected chi connectivity index (χ3v) is 3.87. The van der Waals surface area contributed by atoms with Crippen LogP contribution in [0.15, 0.2) is 6.07 Å². The first-order chi connectivity index (χ1) is 7.97. The van der Waals surface area contributed by atoms with Crippen molar-refractivity contribution in [2.75, 3.05) is 11.4 Å². The van der Waals surface area contributed by atoms with E-state index >= 15 is 0 Å². The Morgan fingerprint density at radius 1 is 1.29 bits per heavy atom. The third kappa shape index (κ3) is 2.71. The minimum Gasteiger partial charge on any atom is -0.353 e. The molecule has 3 nitrogen and oxygen atoms in total. The summed E-state index contributed by atoms with van der Waals surface area (Å²) in [6, 6.07) is 2.53. The van der Waals surface area contributed by atoms with Crippen LogP contribution in [0.4, 0.5) is 5.82 Å². The van der Waals surface area contributed by atoms with Crippen molar-refractivity contribution in [1.29, 1.82) is 0 Å². The topological polar surface area (TPSA) is 29.0 Å². The molecule has 2 rings (SSSR count). The summed E-state index contributed by atoms with van der Waals surface area (Å²) in [5, 5.41) is 0.345. The maximum atomic E-state index is 5.94. The van der Waals surface area contributed by atoms with Crippen LogP contribution in [0.2, 0.25) is 5.28 Å². The summed E-state index contributed by atoms with van der Waals surface area (Å²) >= 11 is 5.94. The molecule has 4 heteroatoms. The predicted octanol–water partition coefficient (Wildman–Crippen LogP) is 3.31. The minimum atomic E-state index is 0.345. The molecule has 1 aromatic heterocycles. The zero-order chi connectivity index (χ0) is 12.6. The Hall–Kier alpha value is -0.830. The van der Waals surface area contributed by atoms with E-state index < -0.39 is 0 Å². The van der Waals surface area contributed by atoms with Crippen molar-refractivity contribution in [1.82, 2.24) is 9.97 Å². The predicted molar refractivity (Wildman–Crippen MR) is 71.5 cm³/mol. The molecular weight excluding hydrogens is 234 g/mol. The van der Waals surface area contributed by atoms with Gasteiger partial charge in [0.15, 0.2) is 0 Å². The molecule has 0 radical (unpaired) electrons. The Kier molecular flexibility index (Phi) is 3.57. The van der Waals surface area contributed by atoms with Crippen molar-refractivity contribution < 1.29 is 0 Å². The Balaban J connectivity index is 2.30. The normalized spacial score (nSPS) is 29.5. The Morgan fingerprint density at radius 2 is 2.00 bits per heavy atom. The lowest BCUT2D eigenvalue weighted by molar-refractivity contribution is 0.295. The van der Waals surface area contributed by atoms with Crippen LogP contribution in [0.5, 0.6) is 0 Å². The monoisotopic (exact) mass is 253 g/mol. The molecule has 0 aliphatic carbocycles. The molecule has 1 saturated heterocycles. The number of rotatable bonds is 1. The number of halogens is 1. The van der Waals surface area contributed by atoms with Crippen LogP contribution in [0, 0.1) is 18.8 Å². The van der Waals surface area contributed by atoms with Crippen LogP contribution in [-0.4, -0.2) is 22.6 Å². The summed E-state index contributed by atoms with van der Waals surface area (Å²) in [4.78, 5) is 10.8. The summed E-state index contributed by atoms with van der Waals surface area (Å²) in [6.45, 7) is 9.88. The first kappa shape index (κ1) is 12.6. The Bertz CT molecular complexity index is 387. The lowest BCUT2D eigenvalue weighted by Crippen LogP contribution is -2.46. The van der Waals surface area contributed by atoms with Crippen LogP contribution < -0.4 is 4.90 Å². The molecule has 1 aromatic rings. The van der Waals surface area contributed by atoms with Gasteiger partial charge in [-0.1, -0.05) is 13.8 Å². The summed E-state index contributed by atoms with van der Waals surface area (Å²) in [7, 11) is 0. The van der Waals surface area contributed by atoms with Crippen LogP contribution >= 0.6 is 11.6 Å². The molecule has 1 aliphatic heterocycles. The molecule has 17 heavy (non-hydrogen) atoms. The summed E-state index contributed by atoms with van der Waals surface area (Å²) in [6.07, 6.45) is 1.29. The van der Waals surface area contributed by atoms with Gasteiger partial charge in [-0.2, -0.15) is 0 Å². The number of anilines is 1. The second-order valence-electron chi connectivity index (χ2n) is 5.35. The molecule has 0 aromatic carbocycles. The van der Waals surface area contributed by atoms with E-state index in [9.17, 15) is 0 Å². The van der Waals surface area contributed by atoms with Crippen molar-refractivity contribution in [2.24, 2.45) is 11.8 Å². The zero-order valence-electron chi connectivity index (χ0n) is 10.9. The van der Waals surface area contributed by atoms with Crippen LogP contribution in [0.1, 0.15) is 32.9 Å². The average Bonchev–Trinajstić information content (AvgIpc) is 2.22. The second-order valence-corrected chi connectivity index (χ2v) is 5.69. The van der Waals surface area contributed by atoms with Gasteiger partial charge >= 0.3 is 0 Å². The van der Waals surface area contributed by atoms with Crippen LogP contribution in [0.25, 0.3) is 0 Å². The third-order valence-electron chi connectivity index (χ3n) is 3.71. The van der Waals surface area contributed by atoms with Crippen LogP contribution in [-0.2, 0) is 0 Å². The number of nitrogens with zero attached hydrogens (tertiary/aromatic N) is 3. The van der Waals surface area contributed by atoms with Crippen LogP contribution in [0.3, 0.4) is 0 Å². The molecule has 94 valence electrons. The highest BCUT2D eigenvalue weighted by Crippen LogP contribution is 2.30. The molecule has 0 amide bonds. The van der Waals surface area contributed by atoms with E-state index in [2.05, 4.69) is 35.6 Å². The molecule has 2 heterocycles. The van der Waals surface area contributed by atoms with Crippen molar-refractivity contribution in [3.63, 3.8) is 0 Å². The number of hydrogen-bond acceptors (Lipinski definition) is 3. The molecule has 0 spiro atoms. The Labute approximate surface area is 108 Å². The highest BCUT2D eigenvalue weighted by molar-refractivity contribution is 6.28. The zero-order valence-corrected chi connectivity index (χ0v) is 11.7. The maximum absolute atomic E-state index is 5.94. The lowest BCUT2D eigenvalue weighted by Gasteiger charge is -2.41. The van der Waals surface area contributed by atoms with Gasteiger partial charge in [0, 0.05) is 24.3 Å². The maximum Gasteiger partial charge on any atom is 0.224 e. The summed E-state index contributed by atoms with van der Waals surface area (Å²) < 4.78 is 0. The number of piperidine rings is 1. The molecule has 3 atom stereocenters. The number of aromatic nitrogens is 2. The summed E-state index contributed by atoms with van der Waals surface area (Å²) in [5.74, 6) is 2.36. The number of aryl methyl sites for hydroxylation is 1. The van der Waals surface area contributed by atoms with E-state index in [-0.39, 0.29) is 0 Å². The van der Waals surface area contributed by atoms with E-state index in [1.807, 2.05) is 13.0 Å². The van der Waals surface area contributed by atoms with Gasteiger partial charge in [0.05, 0.1) is 0 Å². The van der Waals surface area contributed by atoms with Gasteiger partial charge in [-0.05, 0) is 43.7 Å². The first-order valence-corrected chi connectivity index (χ1v) is 6.63. The average molecular weight is 254 g/mol. The van der Waals surface area contributed by atoms with E-state index in [1.54, 1.807) is 0 Å². The second kappa shape index (κ2) is 4.81. The Morgan fingerprint density at radius 3 is 2.65 bits per heavy atom. The van der Waals surface area contributed by atoms with Gasteiger partial charge in [0.1, 0.15) is 5.82 Å². The largest absolute Gasteiger partial charge is 0.353 e. The van der Waals surface area contributed by atoms with Crippen molar-refractivity contribution in [3.8, 4) is 0 Å². The SMILES string of the molecule is Cc1cc(N2CC(C)CC(C)C2C)nc(Cl)n1. The highest BCUT2D eigenvalue weighted by Gasteiger charge is 2.29. The highest BCUT2D eigenvalue weighted by atomic mass is 35.5. The van der Waals surface area contributed by atoms with Gasteiger partial charge in [0.25, 0.3) is 0 Å². The fourth-order valence-electron chi connectivity index (χ4n) is 2.68. The van der Waals surface area contributed by atoms with E-state index in [0.29, 0.717) is 23.2 Å². The van der Waals surface area contributed by atoms with Gasteiger partial charge in [-0.15, -0.1) is 0 Å². The van der Waals surface area contributed by atoms with E-state index in [1.165, 1.54) is 6.42 Å². The smallest absolute Gasteiger partial charge is 0.224 e. The van der Waals surface area contributed by atoms with Gasteiger partial charge < -0.3 is 4.90 Å². The van der Waals surface area contributed by atoms with Gasteiger partial charge in [0.2, 0.25) is 5.28 Å². The lowest BCUT2D eigenvalue weighted by atomic mass is 9.86.